The molecule has 0 saturated carbocycles. The van der Waals surface area contributed by atoms with Crippen molar-refractivity contribution in [3.63, 3.8) is 0 Å². The van der Waals surface area contributed by atoms with Crippen molar-refractivity contribution < 1.29 is 24.2 Å². The van der Waals surface area contributed by atoms with Gasteiger partial charge in [0.1, 0.15) is 6.61 Å². The van der Waals surface area contributed by atoms with Crippen molar-refractivity contribution in [1.82, 2.24) is 0 Å². The van der Waals surface area contributed by atoms with Crippen molar-refractivity contribution in [3.8, 4) is 0 Å². The molecule has 0 bridgehead atoms. The number of unbranched alkanes of at least 4 members (excludes halogenated alkanes) is 1. The fourth-order valence-corrected chi connectivity index (χ4v) is 3.29. The minimum Gasteiger partial charge on any atom is -0.440 e. The maximum absolute atomic E-state index is 13.0. The van der Waals surface area contributed by atoms with E-state index >= 15 is 0 Å². The Bertz CT molecular complexity index is 585. The van der Waals surface area contributed by atoms with Gasteiger partial charge in [-0.25, -0.2) is 4.79 Å². The van der Waals surface area contributed by atoms with Crippen LogP contribution in [0, 0.1) is 5.92 Å². The number of Topliss-reactive ketones (excluding diaryl/α,β-unsaturated/α-hetero) is 2. The summed E-state index contributed by atoms with van der Waals surface area (Å²) in [5.41, 5.74) is -1.25. The Morgan fingerprint density at radius 1 is 1.17 bits per heavy atom. The lowest BCUT2D eigenvalue weighted by Crippen LogP contribution is -2.52. The van der Waals surface area contributed by atoms with Gasteiger partial charge in [-0.3, -0.25) is 9.59 Å². The van der Waals surface area contributed by atoms with E-state index in [0.29, 0.717) is 12.8 Å². The Balaban J connectivity index is 2.53. The van der Waals surface area contributed by atoms with Gasteiger partial charge < -0.3 is 9.84 Å². The fraction of sp³-hybridized carbons (Fsp3) is 0.500. The van der Waals surface area contributed by atoms with E-state index in [-0.39, 0.29) is 11.1 Å². The summed E-state index contributed by atoms with van der Waals surface area (Å²) >= 11 is 0. The second-order valence-electron chi connectivity index (χ2n) is 5.82. The summed E-state index contributed by atoms with van der Waals surface area (Å²) in [6.07, 6.45) is 2.88. The Kier molecular flexibility index (Phi) is 5.31. The van der Waals surface area contributed by atoms with Crippen LogP contribution in [-0.4, -0.2) is 34.9 Å². The number of aliphatic hydroxyl groups excluding tert-OH is 1. The number of ketones is 2. The van der Waals surface area contributed by atoms with Gasteiger partial charge in [-0.05, 0) is 12.8 Å². The van der Waals surface area contributed by atoms with Gasteiger partial charge in [0.05, 0.1) is 0 Å². The molecule has 23 heavy (non-hydrogen) atoms. The maximum Gasteiger partial charge on any atom is 0.333 e. The summed E-state index contributed by atoms with van der Waals surface area (Å²) in [6.45, 7) is 3.04. The van der Waals surface area contributed by atoms with E-state index in [1.165, 1.54) is 0 Å². The lowest BCUT2D eigenvalue weighted by atomic mass is 9.78. The summed E-state index contributed by atoms with van der Waals surface area (Å²) in [5.74, 6) is -2.29. The minimum absolute atomic E-state index is 0.290. The van der Waals surface area contributed by atoms with Gasteiger partial charge in [-0.15, -0.1) is 0 Å². The molecule has 2 rings (SSSR count). The molecule has 1 atom stereocenters. The minimum atomic E-state index is -1.83. The molecular formula is C18H22O5. The molecule has 1 aliphatic carbocycles. The van der Waals surface area contributed by atoms with Crippen LogP contribution in [0.4, 0.5) is 0 Å². The molecule has 5 nitrogen and oxygen atoms in total. The molecular weight excluding hydrogens is 296 g/mol. The molecule has 0 spiro atoms. The number of esters is 1. The van der Waals surface area contributed by atoms with Crippen molar-refractivity contribution in [2.45, 2.75) is 45.1 Å². The lowest BCUT2D eigenvalue weighted by Gasteiger charge is -2.33. The number of hydrogen-bond donors (Lipinski definition) is 1. The summed E-state index contributed by atoms with van der Waals surface area (Å²) in [5, 5.41) is 9.03. The third-order valence-corrected chi connectivity index (χ3v) is 4.47. The molecule has 0 aliphatic heterocycles. The third kappa shape index (κ3) is 2.81. The number of hydrogen-bond acceptors (Lipinski definition) is 5. The Hall–Kier alpha value is -2.01. The molecule has 1 aromatic rings. The van der Waals surface area contributed by atoms with Crippen LogP contribution in [0.5, 0.6) is 0 Å². The molecule has 0 amide bonds. The topological polar surface area (TPSA) is 80.7 Å². The maximum atomic E-state index is 13.0. The zero-order chi connectivity index (χ0) is 17.0. The number of rotatable bonds is 7. The average Bonchev–Trinajstić information content (AvgIpc) is 2.79. The highest BCUT2D eigenvalue weighted by atomic mass is 16.6. The number of aliphatic hydroxyl groups is 1. The van der Waals surface area contributed by atoms with Crippen LogP contribution in [0.1, 0.15) is 60.2 Å². The van der Waals surface area contributed by atoms with Gasteiger partial charge in [0, 0.05) is 17.0 Å². The van der Waals surface area contributed by atoms with Gasteiger partial charge >= 0.3 is 5.97 Å². The highest BCUT2D eigenvalue weighted by Gasteiger charge is 2.59. The SMILES string of the molecule is CCCCC(CC)C1(OC(=O)CO)C(=O)c2ccccc2C1=O. The van der Waals surface area contributed by atoms with Crippen molar-refractivity contribution in [2.24, 2.45) is 5.92 Å². The van der Waals surface area contributed by atoms with E-state index in [1.807, 2.05) is 13.8 Å². The van der Waals surface area contributed by atoms with Crippen LogP contribution >= 0.6 is 0 Å². The van der Waals surface area contributed by atoms with E-state index in [2.05, 4.69) is 0 Å². The average molecular weight is 318 g/mol. The van der Waals surface area contributed by atoms with Gasteiger partial charge in [-0.2, -0.15) is 0 Å². The molecule has 0 fully saturated rings. The number of fused-ring (bicyclic) bond motifs is 1. The van der Waals surface area contributed by atoms with Crippen LogP contribution in [0.2, 0.25) is 0 Å². The molecule has 5 heteroatoms. The fourth-order valence-electron chi connectivity index (χ4n) is 3.29. The van der Waals surface area contributed by atoms with Crippen LogP contribution < -0.4 is 0 Å². The molecule has 0 heterocycles. The molecule has 1 aliphatic rings. The number of ether oxygens (including phenoxy) is 1. The Morgan fingerprint density at radius 3 is 2.17 bits per heavy atom. The Labute approximate surface area is 135 Å². The predicted molar refractivity (Wildman–Crippen MR) is 84.3 cm³/mol. The summed E-state index contributed by atoms with van der Waals surface area (Å²) in [6, 6.07) is 6.52. The quantitative estimate of drug-likeness (QED) is 0.617. The molecule has 1 N–H and O–H groups in total. The van der Waals surface area contributed by atoms with Crippen molar-refractivity contribution >= 4 is 17.5 Å². The molecule has 0 aromatic heterocycles. The molecule has 1 aromatic carbocycles. The smallest absolute Gasteiger partial charge is 0.333 e. The molecule has 0 radical (unpaired) electrons. The normalized spacial score (nSPS) is 17.0. The van der Waals surface area contributed by atoms with Crippen molar-refractivity contribution in [2.75, 3.05) is 6.61 Å². The lowest BCUT2D eigenvalue weighted by molar-refractivity contribution is -0.158. The van der Waals surface area contributed by atoms with E-state index in [9.17, 15) is 14.4 Å². The van der Waals surface area contributed by atoms with E-state index < -0.39 is 35.7 Å². The van der Waals surface area contributed by atoms with E-state index in [1.54, 1.807) is 24.3 Å². The van der Waals surface area contributed by atoms with Crippen LogP contribution in [0.15, 0.2) is 24.3 Å². The number of benzene rings is 1. The summed E-state index contributed by atoms with van der Waals surface area (Å²) in [7, 11) is 0. The van der Waals surface area contributed by atoms with Gasteiger partial charge in [0.2, 0.25) is 17.2 Å². The molecule has 1 unspecified atom stereocenters. The summed E-state index contributed by atoms with van der Waals surface area (Å²) in [4.78, 5) is 37.7. The van der Waals surface area contributed by atoms with Gasteiger partial charge in [0.25, 0.3) is 0 Å². The Morgan fingerprint density at radius 2 is 1.74 bits per heavy atom. The molecule has 0 saturated heterocycles. The number of carbonyl (C=O) groups excluding carboxylic acids is 3. The first-order chi connectivity index (χ1) is 11.0. The zero-order valence-electron chi connectivity index (χ0n) is 13.5. The van der Waals surface area contributed by atoms with E-state index in [0.717, 1.165) is 12.8 Å². The zero-order valence-corrected chi connectivity index (χ0v) is 13.5. The second-order valence-corrected chi connectivity index (χ2v) is 5.82. The first-order valence-corrected chi connectivity index (χ1v) is 8.04. The standard InChI is InChI=1S/C18H22O5/c1-3-5-8-12(4-2)18(23-15(20)11-19)16(21)13-9-6-7-10-14(13)17(18)22/h6-7,9-10,12,19H,3-5,8,11H2,1-2H3. The largest absolute Gasteiger partial charge is 0.440 e. The monoisotopic (exact) mass is 318 g/mol. The first kappa shape index (κ1) is 17.3. The number of carbonyl (C=O) groups is 3. The van der Waals surface area contributed by atoms with E-state index in [4.69, 9.17) is 9.84 Å². The predicted octanol–water partition coefficient (Wildman–Crippen LogP) is 2.56. The first-order valence-electron chi connectivity index (χ1n) is 8.04. The highest BCUT2D eigenvalue weighted by Crippen LogP contribution is 2.41. The van der Waals surface area contributed by atoms with Crippen LogP contribution in [0.25, 0.3) is 0 Å². The molecule has 124 valence electrons. The summed E-state index contributed by atoms with van der Waals surface area (Å²) < 4.78 is 5.32. The van der Waals surface area contributed by atoms with Crippen molar-refractivity contribution in [3.05, 3.63) is 35.4 Å². The van der Waals surface area contributed by atoms with Crippen LogP contribution in [0.3, 0.4) is 0 Å². The third-order valence-electron chi connectivity index (χ3n) is 4.47. The van der Waals surface area contributed by atoms with Gasteiger partial charge in [-0.1, -0.05) is 51.0 Å². The van der Waals surface area contributed by atoms with Crippen LogP contribution in [-0.2, 0) is 9.53 Å². The second kappa shape index (κ2) is 7.04. The van der Waals surface area contributed by atoms with Gasteiger partial charge in [0.15, 0.2) is 0 Å². The van der Waals surface area contributed by atoms with Crippen molar-refractivity contribution in [1.29, 1.82) is 0 Å². The highest BCUT2D eigenvalue weighted by molar-refractivity contribution is 6.32.